The Morgan fingerprint density at radius 2 is 2.38 bits per heavy atom. The standard InChI is InChI=1S/C9H6BrN3O2S/c10-7-4-12-9(16-7)13-8(15)5-3-11-2-1-6(5)14/h1-4H,(H,11,14)(H,12,13,15). The highest BCUT2D eigenvalue weighted by Crippen LogP contribution is 2.23. The second kappa shape index (κ2) is 4.58. The Hall–Kier alpha value is -1.47. The molecule has 0 fully saturated rings. The van der Waals surface area contributed by atoms with Gasteiger partial charge in [0.2, 0.25) is 0 Å². The van der Waals surface area contributed by atoms with Crippen molar-refractivity contribution in [2.24, 2.45) is 0 Å². The van der Waals surface area contributed by atoms with Crippen molar-refractivity contribution in [3.63, 3.8) is 0 Å². The van der Waals surface area contributed by atoms with E-state index in [0.717, 1.165) is 3.79 Å². The van der Waals surface area contributed by atoms with E-state index < -0.39 is 5.91 Å². The summed E-state index contributed by atoms with van der Waals surface area (Å²) in [6, 6.07) is 1.30. The number of rotatable bonds is 2. The number of H-pyrrole nitrogens is 1. The summed E-state index contributed by atoms with van der Waals surface area (Å²) in [4.78, 5) is 29.6. The molecule has 82 valence electrons. The maximum Gasteiger partial charge on any atom is 0.262 e. The van der Waals surface area contributed by atoms with Crippen molar-refractivity contribution in [3.05, 3.63) is 44.2 Å². The number of amides is 1. The topological polar surface area (TPSA) is 74.8 Å². The first-order chi connectivity index (χ1) is 7.66. The van der Waals surface area contributed by atoms with Crippen molar-refractivity contribution in [1.29, 1.82) is 0 Å². The van der Waals surface area contributed by atoms with E-state index in [1.807, 2.05) is 0 Å². The summed E-state index contributed by atoms with van der Waals surface area (Å²) in [5, 5.41) is 2.98. The molecule has 2 aromatic heterocycles. The minimum Gasteiger partial charge on any atom is -0.367 e. The van der Waals surface area contributed by atoms with Gasteiger partial charge < -0.3 is 4.98 Å². The second-order valence-corrected chi connectivity index (χ2v) is 5.26. The lowest BCUT2D eigenvalue weighted by molar-refractivity contribution is 0.102. The SMILES string of the molecule is O=C(Nc1ncc(Br)s1)c1c[nH]ccc1=O. The van der Waals surface area contributed by atoms with Crippen molar-refractivity contribution in [2.75, 3.05) is 5.32 Å². The minimum absolute atomic E-state index is 0.0637. The lowest BCUT2D eigenvalue weighted by Gasteiger charge is -1.99. The number of carbonyl (C=O) groups excluding carboxylic acids is 1. The van der Waals surface area contributed by atoms with E-state index in [2.05, 4.69) is 31.2 Å². The largest absolute Gasteiger partial charge is 0.367 e. The van der Waals surface area contributed by atoms with Crippen LogP contribution in [0, 0.1) is 0 Å². The van der Waals surface area contributed by atoms with Crippen molar-refractivity contribution in [1.82, 2.24) is 9.97 Å². The predicted molar refractivity (Wildman–Crippen MR) is 64.8 cm³/mol. The van der Waals surface area contributed by atoms with E-state index in [1.165, 1.54) is 29.8 Å². The van der Waals surface area contributed by atoms with E-state index in [1.54, 1.807) is 6.20 Å². The quantitative estimate of drug-likeness (QED) is 0.888. The number of pyridine rings is 1. The van der Waals surface area contributed by atoms with Gasteiger partial charge in [-0.3, -0.25) is 14.9 Å². The zero-order valence-electron chi connectivity index (χ0n) is 7.86. The average Bonchev–Trinajstić information content (AvgIpc) is 2.64. The summed E-state index contributed by atoms with van der Waals surface area (Å²) in [5.41, 5.74) is -0.263. The molecular formula is C9H6BrN3O2S. The number of thiazole rings is 1. The molecule has 2 aromatic rings. The third-order valence-electron chi connectivity index (χ3n) is 1.77. The molecule has 0 saturated heterocycles. The molecule has 16 heavy (non-hydrogen) atoms. The molecule has 0 radical (unpaired) electrons. The van der Waals surface area contributed by atoms with Gasteiger partial charge in [-0.05, 0) is 15.9 Å². The molecule has 7 heteroatoms. The molecule has 2 N–H and O–H groups in total. The maximum atomic E-state index is 11.7. The molecule has 0 atom stereocenters. The van der Waals surface area contributed by atoms with Crippen LogP contribution in [0.15, 0.2) is 33.2 Å². The highest BCUT2D eigenvalue weighted by molar-refractivity contribution is 9.11. The molecule has 0 bridgehead atoms. The van der Waals surface area contributed by atoms with Gasteiger partial charge in [0, 0.05) is 18.5 Å². The smallest absolute Gasteiger partial charge is 0.262 e. The van der Waals surface area contributed by atoms with Crippen molar-refractivity contribution >= 4 is 38.3 Å². The van der Waals surface area contributed by atoms with E-state index in [-0.39, 0.29) is 11.0 Å². The number of carbonyl (C=O) groups is 1. The maximum absolute atomic E-state index is 11.7. The van der Waals surface area contributed by atoms with Crippen LogP contribution in [0.3, 0.4) is 0 Å². The Bertz CT molecular complexity index is 578. The number of nitrogens with one attached hydrogen (secondary N) is 2. The van der Waals surface area contributed by atoms with E-state index >= 15 is 0 Å². The Morgan fingerprint density at radius 1 is 1.56 bits per heavy atom. The van der Waals surface area contributed by atoms with Crippen LogP contribution >= 0.6 is 27.3 Å². The third-order valence-corrected chi connectivity index (χ3v) is 3.16. The summed E-state index contributed by atoms with van der Waals surface area (Å²) in [7, 11) is 0. The molecule has 0 spiro atoms. The van der Waals surface area contributed by atoms with Gasteiger partial charge in [0.25, 0.3) is 5.91 Å². The molecule has 0 aromatic carbocycles. The summed E-state index contributed by atoms with van der Waals surface area (Å²) in [6.07, 6.45) is 4.41. The van der Waals surface area contributed by atoms with Gasteiger partial charge in [0.05, 0.1) is 9.98 Å². The molecule has 0 unspecified atom stereocenters. The summed E-state index contributed by atoms with van der Waals surface area (Å²) in [5.74, 6) is -0.469. The molecular weight excluding hydrogens is 294 g/mol. The average molecular weight is 300 g/mol. The van der Waals surface area contributed by atoms with Crippen LogP contribution in [-0.2, 0) is 0 Å². The predicted octanol–water partition coefficient (Wildman–Crippen LogP) is 1.85. The lowest BCUT2D eigenvalue weighted by Crippen LogP contribution is -2.20. The zero-order valence-corrected chi connectivity index (χ0v) is 10.3. The van der Waals surface area contributed by atoms with Crippen molar-refractivity contribution in [3.8, 4) is 0 Å². The molecule has 5 nitrogen and oxygen atoms in total. The number of hydrogen-bond donors (Lipinski definition) is 2. The first-order valence-electron chi connectivity index (χ1n) is 4.26. The monoisotopic (exact) mass is 299 g/mol. The Kier molecular flexibility index (Phi) is 3.16. The fourth-order valence-electron chi connectivity index (χ4n) is 1.07. The lowest BCUT2D eigenvalue weighted by atomic mass is 10.2. The van der Waals surface area contributed by atoms with Crippen LogP contribution in [0.25, 0.3) is 0 Å². The molecule has 0 aliphatic heterocycles. The van der Waals surface area contributed by atoms with Gasteiger partial charge in [-0.2, -0.15) is 0 Å². The molecule has 0 aliphatic rings. The summed E-state index contributed by atoms with van der Waals surface area (Å²) < 4.78 is 0.810. The summed E-state index contributed by atoms with van der Waals surface area (Å²) in [6.45, 7) is 0. The number of hydrogen-bond acceptors (Lipinski definition) is 4. The fourth-order valence-corrected chi connectivity index (χ4v) is 2.17. The molecule has 1 amide bonds. The molecule has 2 heterocycles. The normalized spacial score (nSPS) is 10.1. The first kappa shape index (κ1) is 11.0. The van der Waals surface area contributed by atoms with Crippen LogP contribution in [0.4, 0.5) is 5.13 Å². The van der Waals surface area contributed by atoms with Crippen molar-refractivity contribution in [2.45, 2.75) is 0 Å². The zero-order chi connectivity index (χ0) is 11.5. The molecule has 0 saturated carbocycles. The van der Waals surface area contributed by atoms with Crippen LogP contribution in [0.1, 0.15) is 10.4 Å². The van der Waals surface area contributed by atoms with Crippen LogP contribution in [0.2, 0.25) is 0 Å². The minimum atomic E-state index is -0.469. The van der Waals surface area contributed by atoms with Gasteiger partial charge in [0.15, 0.2) is 10.6 Å². The third kappa shape index (κ3) is 2.37. The number of halogens is 1. The van der Waals surface area contributed by atoms with E-state index in [4.69, 9.17) is 0 Å². The van der Waals surface area contributed by atoms with Gasteiger partial charge in [-0.15, -0.1) is 0 Å². The highest BCUT2D eigenvalue weighted by atomic mass is 79.9. The van der Waals surface area contributed by atoms with Gasteiger partial charge in [-0.25, -0.2) is 4.98 Å². The fraction of sp³-hybridized carbons (Fsp3) is 0. The number of nitrogens with zero attached hydrogens (tertiary/aromatic N) is 1. The van der Waals surface area contributed by atoms with Gasteiger partial charge in [0.1, 0.15) is 5.56 Å². The first-order valence-corrected chi connectivity index (χ1v) is 5.87. The highest BCUT2D eigenvalue weighted by Gasteiger charge is 2.11. The second-order valence-electron chi connectivity index (χ2n) is 2.85. The Morgan fingerprint density at radius 3 is 3.00 bits per heavy atom. The molecule has 0 aliphatic carbocycles. The van der Waals surface area contributed by atoms with Gasteiger partial charge in [-0.1, -0.05) is 11.3 Å². The molecule has 2 rings (SSSR count). The Labute approximate surface area is 103 Å². The van der Waals surface area contributed by atoms with Crippen LogP contribution < -0.4 is 10.7 Å². The van der Waals surface area contributed by atoms with Gasteiger partial charge >= 0.3 is 0 Å². The number of anilines is 1. The van der Waals surface area contributed by atoms with E-state index in [9.17, 15) is 9.59 Å². The number of aromatic nitrogens is 2. The van der Waals surface area contributed by atoms with Crippen molar-refractivity contribution < 1.29 is 4.79 Å². The van der Waals surface area contributed by atoms with Crippen LogP contribution in [-0.4, -0.2) is 15.9 Å². The summed E-state index contributed by atoms with van der Waals surface area (Å²) >= 11 is 4.51. The van der Waals surface area contributed by atoms with E-state index in [0.29, 0.717) is 5.13 Å². The number of aromatic amines is 1. The Balaban J connectivity index is 2.21. The van der Waals surface area contributed by atoms with Crippen LogP contribution in [0.5, 0.6) is 0 Å².